The summed E-state index contributed by atoms with van der Waals surface area (Å²) >= 11 is 5.82. The monoisotopic (exact) mass is 306 g/mol. The van der Waals surface area contributed by atoms with Crippen molar-refractivity contribution >= 4 is 11.6 Å². The first-order valence-electron chi connectivity index (χ1n) is 6.86. The fraction of sp³-hybridized carbons (Fsp3) is 0.294. The second-order valence-corrected chi connectivity index (χ2v) is 5.85. The zero-order chi connectivity index (χ0) is 15.0. The molecule has 1 unspecified atom stereocenters. The Bertz CT molecular complexity index is 686. The summed E-state index contributed by atoms with van der Waals surface area (Å²) in [6, 6.07) is 10.6. The van der Waals surface area contributed by atoms with Gasteiger partial charge in [0.15, 0.2) is 0 Å². The molecule has 0 amide bonds. The van der Waals surface area contributed by atoms with Gasteiger partial charge in [-0.3, -0.25) is 0 Å². The lowest BCUT2D eigenvalue weighted by atomic mass is 9.88. The van der Waals surface area contributed by atoms with E-state index in [4.69, 9.17) is 16.3 Å². The first-order valence-corrected chi connectivity index (χ1v) is 7.24. The third kappa shape index (κ3) is 2.52. The van der Waals surface area contributed by atoms with Gasteiger partial charge in [0.05, 0.1) is 17.7 Å². The number of hydrogen-bond acceptors (Lipinski definition) is 2. The number of aliphatic hydroxyl groups is 1. The number of halogens is 2. The van der Waals surface area contributed by atoms with Gasteiger partial charge in [0.2, 0.25) is 0 Å². The highest BCUT2D eigenvalue weighted by atomic mass is 35.5. The van der Waals surface area contributed by atoms with Gasteiger partial charge < -0.3 is 9.84 Å². The predicted molar refractivity (Wildman–Crippen MR) is 80.3 cm³/mol. The molecule has 1 N–H and O–H groups in total. The van der Waals surface area contributed by atoms with Gasteiger partial charge in [-0.1, -0.05) is 29.8 Å². The first kappa shape index (κ1) is 14.4. The number of aryl methyl sites for hydroxylation is 1. The molecule has 0 heterocycles. The molecule has 1 aliphatic carbocycles. The molecular weight excluding hydrogens is 291 g/mol. The van der Waals surface area contributed by atoms with Crippen LogP contribution in [0.3, 0.4) is 0 Å². The minimum absolute atomic E-state index is 0.0833. The average Bonchev–Trinajstić information content (AvgIpc) is 2.81. The van der Waals surface area contributed by atoms with Crippen molar-refractivity contribution in [2.24, 2.45) is 0 Å². The lowest BCUT2D eigenvalue weighted by Gasteiger charge is -2.25. The smallest absolute Gasteiger partial charge is 0.145 e. The summed E-state index contributed by atoms with van der Waals surface area (Å²) in [4.78, 5) is 0. The van der Waals surface area contributed by atoms with E-state index in [1.807, 2.05) is 18.2 Å². The number of hydrogen-bond donors (Lipinski definition) is 1. The fourth-order valence-corrected chi connectivity index (χ4v) is 3.19. The van der Waals surface area contributed by atoms with Crippen molar-refractivity contribution in [2.45, 2.75) is 24.9 Å². The summed E-state index contributed by atoms with van der Waals surface area (Å²) in [5.41, 5.74) is 1.26. The van der Waals surface area contributed by atoms with E-state index in [0.29, 0.717) is 17.7 Å². The van der Waals surface area contributed by atoms with E-state index in [0.717, 1.165) is 17.5 Å². The van der Waals surface area contributed by atoms with E-state index in [2.05, 4.69) is 0 Å². The Kier molecular flexibility index (Phi) is 3.64. The first-order chi connectivity index (χ1) is 10.0. The van der Waals surface area contributed by atoms with Crippen LogP contribution in [0.15, 0.2) is 36.4 Å². The SMILES string of the molecule is COc1ccc2c(c1)C(O)(Cc1cccc(Cl)c1F)CC2. The number of fused-ring (bicyclic) bond motifs is 1. The van der Waals surface area contributed by atoms with Crippen LogP contribution in [0, 0.1) is 5.82 Å². The summed E-state index contributed by atoms with van der Waals surface area (Å²) in [5.74, 6) is 0.240. The van der Waals surface area contributed by atoms with Gasteiger partial charge in [-0.05, 0) is 47.7 Å². The topological polar surface area (TPSA) is 29.5 Å². The average molecular weight is 307 g/mol. The zero-order valence-electron chi connectivity index (χ0n) is 11.7. The molecule has 3 rings (SSSR count). The van der Waals surface area contributed by atoms with Crippen molar-refractivity contribution < 1.29 is 14.2 Å². The van der Waals surface area contributed by atoms with Gasteiger partial charge in [-0.15, -0.1) is 0 Å². The van der Waals surface area contributed by atoms with Crippen LogP contribution >= 0.6 is 11.6 Å². The normalized spacial score (nSPS) is 20.4. The molecular formula is C17H16ClFO2. The molecule has 2 aromatic rings. The highest BCUT2D eigenvalue weighted by Crippen LogP contribution is 2.41. The van der Waals surface area contributed by atoms with E-state index in [1.165, 1.54) is 6.07 Å². The summed E-state index contributed by atoms with van der Waals surface area (Å²) < 4.78 is 19.3. The molecule has 0 spiro atoms. The molecule has 110 valence electrons. The summed E-state index contributed by atoms with van der Waals surface area (Å²) in [5, 5.41) is 11.1. The molecule has 4 heteroatoms. The predicted octanol–water partition coefficient (Wildman–Crippen LogP) is 3.86. The quantitative estimate of drug-likeness (QED) is 0.933. The Morgan fingerprint density at radius 2 is 2.14 bits per heavy atom. The standard InChI is InChI=1S/C17H16ClFO2/c1-21-13-6-5-11-7-8-17(20,14(11)9-13)10-12-3-2-4-15(18)16(12)19/h2-6,9,20H,7-8,10H2,1H3. The van der Waals surface area contributed by atoms with Crippen LogP contribution in [-0.4, -0.2) is 12.2 Å². The highest BCUT2D eigenvalue weighted by molar-refractivity contribution is 6.30. The second kappa shape index (κ2) is 5.32. The molecule has 0 radical (unpaired) electrons. The summed E-state index contributed by atoms with van der Waals surface area (Å²) in [6.45, 7) is 0. The van der Waals surface area contributed by atoms with Crippen LogP contribution in [0.4, 0.5) is 4.39 Å². The van der Waals surface area contributed by atoms with Crippen molar-refractivity contribution in [3.8, 4) is 5.75 Å². The Labute approximate surface area is 128 Å². The van der Waals surface area contributed by atoms with Crippen molar-refractivity contribution in [3.05, 3.63) is 63.9 Å². The molecule has 1 aliphatic rings. The van der Waals surface area contributed by atoms with Gasteiger partial charge in [0.25, 0.3) is 0 Å². The number of ether oxygens (including phenoxy) is 1. The Hall–Kier alpha value is -1.58. The molecule has 2 nitrogen and oxygen atoms in total. The zero-order valence-corrected chi connectivity index (χ0v) is 12.5. The maximum absolute atomic E-state index is 14.1. The third-order valence-corrected chi connectivity index (χ3v) is 4.43. The molecule has 0 bridgehead atoms. The Morgan fingerprint density at radius 3 is 2.90 bits per heavy atom. The van der Waals surface area contributed by atoms with E-state index in [1.54, 1.807) is 19.2 Å². The fourth-order valence-electron chi connectivity index (χ4n) is 2.99. The van der Waals surface area contributed by atoms with Gasteiger partial charge in [-0.25, -0.2) is 4.39 Å². The minimum Gasteiger partial charge on any atom is -0.497 e. The Balaban J connectivity index is 1.99. The molecule has 0 aliphatic heterocycles. The maximum atomic E-state index is 14.1. The van der Waals surface area contributed by atoms with Gasteiger partial charge in [0.1, 0.15) is 11.6 Å². The molecule has 0 fully saturated rings. The molecule has 0 saturated heterocycles. The molecule has 1 atom stereocenters. The Morgan fingerprint density at radius 1 is 1.33 bits per heavy atom. The lowest BCUT2D eigenvalue weighted by molar-refractivity contribution is 0.0379. The van der Waals surface area contributed by atoms with Crippen LogP contribution in [-0.2, 0) is 18.4 Å². The van der Waals surface area contributed by atoms with Gasteiger partial charge in [0, 0.05) is 6.42 Å². The van der Waals surface area contributed by atoms with Crippen LogP contribution in [0.2, 0.25) is 5.02 Å². The third-order valence-electron chi connectivity index (χ3n) is 4.14. The second-order valence-electron chi connectivity index (χ2n) is 5.44. The van der Waals surface area contributed by atoms with Crippen molar-refractivity contribution in [1.29, 1.82) is 0 Å². The van der Waals surface area contributed by atoms with Crippen molar-refractivity contribution in [1.82, 2.24) is 0 Å². The van der Waals surface area contributed by atoms with Crippen LogP contribution in [0.1, 0.15) is 23.1 Å². The minimum atomic E-state index is -1.07. The molecule has 21 heavy (non-hydrogen) atoms. The van der Waals surface area contributed by atoms with Crippen LogP contribution in [0.25, 0.3) is 0 Å². The number of rotatable bonds is 3. The van der Waals surface area contributed by atoms with Crippen LogP contribution < -0.4 is 4.74 Å². The van der Waals surface area contributed by atoms with Crippen LogP contribution in [0.5, 0.6) is 5.75 Å². The van der Waals surface area contributed by atoms with E-state index in [9.17, 15) is 9.50 Å². The summed E-state index contributed by atoms with van der Waals surface area (Å²) in [7, 11) is 1.59. The van der Waals surface area contributed by atoms with Crippen molar-refractivity contribution in [2.75, 3.05) is 7.11 Å². The number of methoxy groups -OCH3 is 1. The lowest BCUT2D eigenvalue weighted by Crippen LogP contribution is -2.26. The van der Waals surface area contributed by atoms with Crippen molar-refractivity contribution in [3.63, 3.8) is 0 Å². The highest BCUT2D eigenvalue weighted by Gasteiger charge is 2.37. The van der Waals surface area contributed by atoms with Gasteiger partial charge >= 0.3 is 0 Å². The van der Waals surface area contributed by atoms with E-state index in [-0.39, 0.29) is 11.4 Å². The van der Waals surface area contributed by atoms with Gasteiger partial charge in [-0.2, -0.15) is 0 Å². The molecule has 2 aromatic carbocycles. The van der Waals surface area contributed by atoms with E-state index >= 15 is 0 Å². The molecule has 0 aromatic heterocycles. The maximum Gasteiger partial charge on any atom is 0.145 e. The largest absolute Gasteiger partial charge is 0.497 e. The summed E-state index contributed by atoms with van der Waals surface area (Å²) in [6.07, 6.45) is 1.55. The number of benzene rings is 2. The molecule has 0 saturated carbocycles. The van der Waals surface area contributed by atoms with E-state index < -0.39 is 11.4 Å².